The molecule has 0 N–H and O–H groups in total. The Balaban J connectivity index is 2.09. The van der Waals surface area contributed by atoms with Crippen LogP contribution >= 0.6 is 0 Å². The van der Waals surface area contributed by atoms with Gasteiger partial charge < -0.3 is 9.47 Å². The van der Waals surface area contributed by atoms with E-state index in [0.717, 1.165) is 25.7 Å². The molecule has 0 radical (unpaired) electrons. The number of ether oxygens (including phenoxy) is 2. The predicted octanol–water partition coefficient (Wildman–Crippen LogP) is 8.53. The first-order valence-electron chi connectivity index (χ1n) is 13.5. The van der Waals surface area contributed by atoms with Gasteiger partial charge in [-0.3, -0.25) is 0 Å². The molecule has 4 nitrogen and oxygen atoms in total. The minimum atomic E-state index is -0.385. The molecule has 0 amide bonds. The molecule has 1 aromatic rings. The van der Waals surface area contributed by atoms with Gasteiger partial charge in [-0.05, 0) is 37.0 Å². The fraction of sp³-hybridized carbons (Fsp3) is 0.724. The van der Waals surface area contributed by atoms with Gasteiger partial charge in [0.1, 0.15) is 0 Å². The van der Waals surface area contributed by atoms with Gasteiger partial charge in [0.05, 0.1) is 24.3 Å². The van der Waals surface area contributed by atoms with Crippen LogP contribution in [0.5, 0.6) is 0 Å². The van der Waals surface area contributed by atoms with Crippen LogP contribution < -0.4 is 0 Å². The Hall–Kier alpha value is -1.84. The van der Waals surface area contributed by atoms with Gasteiger partial charge in [0.25, 0.3) is 0 Å². The molecule has 1 rings (SSSR count). The van der Waals surface area contributed by atoms with Crippen LogP contribution in [0.3, 0.4) is 0 Å². The molecule has 0 aliphatic rings. The van der Waals surface area contributed by atoms with Gasteiger partial charge in [0, 0.05) is 0 Å². The quantitative estimate of drug-likeness (QED) is 0.144. The summed E-state index contributed by atoms with van der Waals surface area (Å²) >= 11 is 0. The average molecular weight is 461 g/mol. The summed E-state index contributed by atoms with van der Waals surface area (Å²) in [6, 6.07) is 6.63. The van der Waals surface area contributed by atoms with Gasteiger partial charge in [0.15, 0.2) is 0 Å². The lowest BCUT2D eigenvalue weighted by atomic mass is 10.0. The van der Waals surface area contributed by atoms with E-state index in [4.69, 9.17) is 9.47 Å². The van der Waals surface area contributed by atoms with Crippen LogP contribution in [-0.2, 0) is 9.47 Å². The van der Waals surface area contributed by atoms with E-state index in [2.05, 4.69) is 20.8 Å². The summed E-state index contributed by atoms with van der Waals surface area (Å²) in [5.41, 5.74) is 0.802. The van der Waals surface area contributed by atoms with E-state index < -0.39 is 0 Å². The standard InChI is InChI=1S/C29H48O4/c1-4-6-7-8-9-10-11-12-13-14-15-16-17-22-32-28(30)26-19-18-20-27(24-26)29(31)33-23-21-25(3)5-2/h18-20,24-25H,4-17,21-23H2,1-3H3. The Bertz CT molecular complexity index is 640. The maximum absolute atomic E-state index is 12.3. The molecule has 0 saturated heterocycles. The molecular weight excluding hydrogens is 412 g/mol. The number of carbonyl (C=O) groups is 2. The van der Waals surface area contributed by atoms with Crippen molar-refractivity contribution in [2.75, 3.05) is 13.2 Å². The van der Waals surface area contributed by atoms with Gasteiger partial charge >= 0.3 is 11.9 Å². The van der Waals surface area contributed by atoms with Gasteiger partial charge in [-0.25, -0.2) is 9.59 Å². The van der Waals surface area contributed by atoms with Crippen molar-refractivity contribution in [1.29, 1.82) is 0 Å². The first-order chi connectivity index (χ1) is 16.1. The van der Waals surface area contributed by atoms with Crippen molar-refractivity contribution in [1.82, 2.24) is 0 Å². The van der Waals surface area contributed by atoms with Crippen LogP contribution in [0.2, 0.25) is 0 Å². The summed E-state index contributed by atoms with van der Waals surface area (Å²) in [6.07, 6.45) is 18.7. The number of benzene rings is 1. The zero-order valence-corrected chi connectivity index (χ0v) is 21.5. The van der Waals surface area contributed by atoms with E-state index in [1.54, 1.807) is 24.3 Å². The minimum Gasteiger partial charge on any atom is -0.462 e. The van der Waals surface area contributed by atoms with Crippen LogP contribution in [0.25, 0.3) is 0 Å². The number of hydrogen-bond acceptors (Lipinski definition) is 4. The van der Waals surface area contributed by atoms with Crippen LogP contribution in [0.1, 0.15) is 138 Å². The number of rotatable bonds is 20. The Morgan fingerprint density at radius 2 is 1.15 bits per heavy atom. The Labute approximate surface area is 202 Å². The largest absolute Gasteiger partial charge is 0.462 e. The molecule has 0 saturated carbocycles. The summed E-state index contributed by atoms with van der Waals surface area (Å²) in [5.74, 6) is -0.225. The molecule has 0 spiro atoms. The number of carbonyl (C=O) groups excluding carboxylic acids is 2. The second-order valence-corrected chi connectivity index (χ2v) is 9.40. The van der Waals surface area contributed by atoms with Crippen LogP contribution in [0.4, 0.5) is 0 Å². The predicted molar refractivity (Wildman–Crippen MR) is 137 cm³/mol. The summed E-state index contributed by atoms with van der Waals surface area (Å²) in [6.45, 7) is 7.36. The fourth-order valence-electron chi connectivity index (χ4n) is 3.78. The normalized spacial score (nSPS) is 11.8. The molecule has 0 aliphatic carbocycles. The highest BCUT2D eigenvalue weighted by Gasteiger charge is 2.13. The molecule has 0 fully saturated rings. The molecular formula is C29H48O4. The smallest absolute Gasteiger partial charge is 0.338 e. The van der Waals surface area contributed by atoms with Gasteiger partial charge in [-0.1, -0.05) is 110 Å². The van der Waals surface area contributed by atoms with E-state index in [1.807, 2.05) is 0 Å². The molecule has 0 heterocycles. The molecule has 188 valence electrons. The van der Waals surface area contributed by atoms with Crippen LogP contribution in [0, 0.1) is 5.92 Å². The summed E-state index contributed by atoms with van der Waals surface area (Å²) in [5, 5.41) is 0. The molecule has 1 aromatic carbocycles. The van der Waals surface area contributed by atoms with Gasteiger partial charge in [-0.2, -0.15) is 0 Å². The van der Waals surface area contributed by atoms with Crippen molar-refractivity contribution in [3.8, 4) is 0 Å². The third-order valence-electron chi connectivity index (χ3n) is 6.36. The molecule has 1 unspecified atom stereocenters. The average Bonchev–Trinajstić information content (AvgIpc) is 2.83. The first kappa shape index (κ1) is 29.2. The van der Waals surface area contributed by atoms with Crippen LogP contribution in [-0.4, -0.2) is 25.2 Å². The van der Waals surface area contributed by atoms with E-state index >= 15 is 0 Å². The maximum Gasteiger partial charge on any atom is 0.338 e. The Morgan fingerprint density at radius 3 is 1.64 bits per heavy atom. The van der Waals surface area contributed by atoms with Crippen molar-refractivity contribution in [2.45, 2.75) is 117 Å². The van der Waals surface area contributed by atoms with Crippen molar-refractivity contribution < 1.29 is 19.1 Å². The fourth-order valence-corrected chi connectivity index (χ4v) is 3.78. The van der Waals surface area contributed by atoms with E-state index in [1.165, 1.54) is 70.6 Å². The number of esters is 2. The number of hydrogen-bond donors (Lipinski definition) is 0. The molecule has 4 heteroatoms. The van der Waals surface area contributed by atoms with Crippen molar-refractivity contribution in [3.05, 3.63) is 35.4 Å². The SMILES string of the molecule is CCCCCCCCCCCCCCCOC(=O)c1cccc(C(=O)OCCC(C)CC)c1. The highest BCUT2D eigenvalue weighted by molar-refractivity contribution is 5.95. The van der Waals surface area contributed by atoms with Crippen LogP contribution in [0.15, 0.2) is 24.3 Å². The summed E-state index contributed by atoms with van der Waals surface area (Å²) in [7, 11) is 0. The maximum atomic E-state index is 12.3. The highest BCUT2D eigenvalue weighted by atomic mass is 16.5. The lowest BCUT2D eigenvalue weighted by Crippen LogP contribution is -2.11. The minimum absolute atomic E-state index is 0.372. The lowest BCUT2D eigenvalue weighted by Gasteiger charge is -2.10. The molecule has 0 aromatic heterocycles. The summed E-state index contributed by atoms with van der Waals surface area (Å²) < 4.78 is 10.7. The monoisotopic (exact) mass is 460 g/mol. The number of unbranched alkanes of at least 4 members (excludes halogenated alkanes) is 12. The van der Waals surface area contributed by atoms with Crippen molar-refractivity contribution >= 4 is 11.9 Å². The molecule has 1 atom stereocenters. The lowest BCUT2D eigenvalue weighted by molar-refractivity contribution is 0.0484. The van der Waals surface area contributed by atoms with Crippen molar-refractivity contribution in [2.24, 2.45) is 5.92 Å². The van der Waals surface area contributed by atoms with E-state index in [9.17, 15) is 9.59 Å². The molecule has 0 aliphatic heterocycles. The van der Waals surface area contributed by atoms with E-state index in [0.29, 0.717) is 30.3 Å². The van der Waals surface area contributed by atoms with Crippen molar-refractivity contribution in [3.63, 3.8) is 0 Å². The Kier molecular flexibility index (Phi) is 17.4. The highest BCUT2D eigenvalue weighted by Crippen LogP contribution is 2.14. The molecule has 0 bridgehead atoms. The second-order valence-electron chi connectivity index (χ2n) is 9.40. The summed E-state index contributed by atoms with van der Waals surface area (Å²) in [4.78, 5) is 24.5. The second kappa shape index (κ2) is 19.6. The first-order valence-corrected chi connectivity index (χ1v) is 13.5. The third kappa shape index (κ3) is 14.8. The third-order valence-corrected chi connectivity index (χ3v) is 6.36. The topological polar surface area (TPSA) is 52.6 Å². The van der Waals surface area contributed by atoms with Gasteiger partial charge in [-0.15, -0.1) is 0 Å². The zero-order chi connectivity index (χ0) is 24.2. The zero-order valence-electron chi connectivity index (χ0n) is 21.5. The molecule has 33 heavy (non-hydrogen) atoms. The Morgan fingerprint density at radius 1 is 0.697 bits per heavy atom. The van der Waals surface area contributed by atoms with Gasteiger partial charge in [0.2, 0.25) is 0 Å². The van der Waals surface area contributed by atoms with E-state index in [-0.39, 0.29) is 11.9 Å².